The Hall–Kier alpha value is -2.50. The molecule has 0 saturated heterocycles. The number of fused-ring (bicyclic) bond motifs is 1. The summed E-state index contributed by atoms with van der Waals surface area (Å²) in [5.41, 5.74) is 2.11. The van der Waals surface area contributed by atoms with E-state index in [-0.39, 0.29) is 11.6 Å². The Balaban J connectivity index is 2.48. The van der Waals surface area contributed by atoms with Gasteiger partial charge >= 0.3 is 5.97 Å². The molecule has 1 aliphatic heterocycles. The number of esters is 1. The Bertz CT molecular complexity index is 719. The van der Waals surface area contributed by atoms with Crippen LogP contribution in [0.4, 0.5) is 0 Å². The molecule has 0 bridgehead atoms. The third-order valence-corrected chi connectivity index (χ3v) is 3.82. The molecule has 2 rings (SSSR count). The fourth-order valence-corrected chi connectivity index (χ4v) is 2.85. The molecule has 0 aromatic heterocycles. The van der Waals surface area contributed by atoms with Crippen molar-refractivity contribution < 1.29 is 23.8 Å². The number of carbonyl (C=O) groups excluding carboxylic acids is 2. The van der Waals surface area contributed by atoms with Crippen molar-refractivity contribution in [3.8, 4) is 11.5 Å². The smallest absolute Gasteiger partial charge is 0.379 e. The Morgan fingerprint density at radius 1 is 1.16 bits per heavy atom. The van der Waals surface area contributed by atoms with Crippen molar-refractivity contribution in [1.82, 2.24) is 5.32 Å². The molecule has 0 fully saturated rings. The number of methoxy groups -OCH3 is 2. The maximum atomic E-state index is 12.2. The third kappa shape index (κ3) is 4.32. The van der Waals surface area contributed by atoms with Gasteiger partial charge in [0.05, 0.1) is 20.3 Å². The summed E-state index contributed by atoms with van der Waals surface area (Å²) in [6, 6.07) is 3.71. The predicted molar refractivity (Wildman–Crippen MR) is 94.7 cm³/mol. The van der Waals surface area contributed by atoms with E-state index >= 15 is 0 Å². The Morgan fingerprint density at radius 2 is 1.76 bits per heavy atom. The summed E-state index contributed by atoms with van der Waals surface area (Å²) in [5, 5.41) is 3.31. The number of ketones is 1. The summed E-state index contributed by atoms with van der Waals surface area (Å²) in [4.78, 5) is 24.0. The molecule has 0 amide bonds. The van der Waals surface area contributed by atoms with Crippen LogP contribution in [0, 0.1) is 0 Å². The predicted octanol–water partition coefficient (Wildman–Crippen LogP) is 2.49. The molecule has 0 radical (unpaired) electrons. The minimum atomic E-state index is -0.866. The van der Waals surface area contributed by atoms with Gasteiger partial charge in [-0.1, -0.05) is 0 Å². The highest BCUT2D eigenvalue weighted by molar-refractivity contribution is 6.39. The van der Waals surface area contributed by atoms with E-state index in [1.807, 2.05) is 26.0 Å². The lowest BCUT2D eigenvalue weighted by molar-refractivity contribution is -0.154. The van der Waals surface area contributed by atoms with E-state index in [2.05, 4.69) is 5.32 Å². The van der Waals surface area contributed by atoms with Crippen LogP contribution in [0.3, 0.4) is 0 Å². The molecule has 0 aliphatic carbocycles. The first kappa shape index (κ1) is 18.8. The fourth-order valence-electron chi connectivity index (χ4n) is 2.85. The zero-order valence-corrected chi connectivity index (χ0v) is 15.6. The highest BCUT2D eigenvalue weighted by atomic mass is 16.5. The first-order chi connectivity index (χ1) is 11.7. The average molecular weight is 347 g/mol. The SMILES string of the molecule is COc1cc2c(cc1OC)C(=CC(=O)C(=O)OC(C)C)NC(C)(C)C2. The lowest BCUT2D eigenvalue weighted by atomic mass is 9.85. The minimum absolute atomic E-state index is 0.277. The molecule has 25 heavy (non-hydrogen) atoms. The average Bonchev–Trinajstić information content (AvgIpc) is 2.51. The van der Waals surface area contributed by atoms with Gasteiger partial charge in [0.1, 0.15) is 0 Å². The first-order valence-electron chi connectivity index (χ1n) is 8.17. The largest absolute Gasteiger partial charge is 0.493 e. The van der Waals surface area contributed by atoms with E-state index in [1.54, 1.807) is 28.1 Å². The molecule has 1 heterocycles. The molecule has 0 unspecified atom stereocenters. The fraction of sp³-hybridized carbons (Fsp3) is 0.474. The van der Waals surface area contributed by atoms with E-state index in [4.69, 9.17) is 14.2 Å². The van der Waals surface area contributed by atoms with E-state index in [1.165, 1.54) is 6.08 Å². The summed E-state index contributed by atoms with van der Waals surface area (Å²) in [6.45, 7) is 7.45. The molecule has 0 atom stereocenters. The van der Waals surface area contributed by atoms with Gasteiger partial charge in [0.15, 0.2) is 11.5 Å². The zero-order chi connectivity index (χ0) is 18.8. The lowest BCUT2D eigenvalue weighted by Crippen LogP contribution is -2.44. The van der Waals surface area contributed by atoms with Gasteiger partial charge in [-0.3, -0.25) is 4.79 Å². The molecule has 136 valence electrons. The molecule has 6 nitrogen and oxygen atoms in total. The Morgan fingerprint density at radius 3 is 2.32 bits per heavy atom. The standard InChI is InChI=1S/C19H25NO5/c1-11(2)25-18(22)15(21)9-14-13-8-17(24-6)16(23-5)7-12(13)10-19(3,4)20-14/h7-9,11,20H,10H2,1-6H3. The van der Waals surface area contributed by atoms with Crippen LogP contribution in [0.5, 0.6) is 11.5 Å². The topological polar surface area (TPSA) is 73.9 Å². The molecular weight excluding hydrogens is 322 g/mol. The van der Waals surface area contributed by atoms with Crippen molar-refractivity contribution in [2.75, 3.05) is 14.2 Å². The van der Waals surface area contributed by atoms with Crippen molar-refractivity contribution in [3.63, 3.8) is 0 Å². The maximum Gasteiger partial charge on any atom is 0.379 e. The number of rotatable bonds is 5. The molecular formula is C19H25NO5. The molecule has 1 N–H and O–H groups in total. The van der Waals surface area contributed by atoms with Crippen molar-refractivity contribution >= 4 is 17.4 Å². The number of hydrogen-bond donors (Lipinski definition) is 1. The normalized spacial score (nSPS) is 16.8. The van der Waals surface area contributed by atoms with Crippen molar-refractivity contribution in [2.45, 2.75) is 45.8 Å². The number of hydrogen-bond acceptors (Lipinski definition) is 6. The van der Waals surface area contributed by atoms with Crippen LogP contribution in [0.1, 0.15) is 38.8 Å². The lowest BCUT2D eigenvalue weighted by Gasteiger charge is -2.36. The number of carbonyl (C=O) groups is 2. The summed E-state index contributed by atoms with van der Waals surface area (Å²) in [5.74, 6) is -0.376. The van der Waals surface area contributed by atoms with Crippen molar-refractivity contribution in [3.05, 3.63) is 29.3 Å². The third-order valence-electron chi connectivity index (χ3n) is 3.82. The van der Waals surface area contributed by atoms with Crippen LogP contribution in [-0.2, 0) is 20.7 Å². The highest BCUT2D eigenvalue weighted by Gasteiger charge is 2.30. The maximum absolute atomic E-state index is 12.2. The monoisotopic (exact) mass is 347 g/mol. The van der Waals surface area contributed by atoms with Crippen molar-refractivity contribution in [2.24, 2.45) is 0 Å². The van der Waals surface area contributed by atoms with Gasteiger partial charge in [0.2, 0.25) is 0 Å². The summed E-state index contributed by atoms with van der Waals surface area (Å²) in [6.07, 6.45) is 1.68. The molecule has 0 spiro atoms. The Kier molecular flexibility index (Phi) is 5.40. The second kappa shape index (κ2) is 7.17. The summed E-state index contributed by atoms with van der Waals surface area (Å²) < 4.78 is 15.7. The highest BCUT2D eigenvalue weighted by Crippen LogP contribution is 2.37. The van der Waals surface area contributed by atoms with Crippen LogP contribution in [0.15, 0.2) is 18.2 Å². The van der Waals surface area contributed by atoms with Crippen LogP contribution in [0.2, 0.25) is 0 Å². The molecule has 1 aromatic rings. The van der Waals surface area contributed by atoms with Gasteiger partial charge in [-0.05, 0) is 51.8 Å². The molecule has 1 aliphatic rings. The van der Waals surface area contributed by atoms with Gasteiger partial charge in [-0.25, -0.2) is 4.79 Å². The van der Waals surface area contributed by atoms with E-state index in [9.17, 15) is 9.59 Å². The number of benzene rings is 1. The summed E-state index contributed by atoms with van der Waals surface area (Å²) >= 11 is 0. The van der Waals surface area contributed by atoms with E-state index in [0.29, 0.717) is 17.2 Å². The second-order valence-electron chi connectivity index (χ2n) is 6.93. The van der Waals surface area contributed by atoms with E-state index in [0.717, 1.165) is 17.5 Å². The van der Waals surface area contributed by atoms with Gasteiger partial charge in [0.25, 0.3) is 5.78 Å². The van der Waals surface area contributed by atoms with E-state index < -0.39 is 11.8 Å². The molecule has 0 saturated carbocycles. The van der Waals surface area contributed by atoms with Crippen molar-refractivity contribution in [1.29, 1.82) is 0 Å². The van der Waals surface area contributed by atoms with Crippen LogP contribution in [-0.4, -0.2) is 37.6 Å². The van der Waals surface area contributed by atoms with Gasteiger partial charge in [0, 0.05) is 22.9 Å². The van der Waals surface area contributed by atoms with Crippen LogP contribution < -0.4 is 14.8 Å². The quantitative estimate of drug-likeness (QED) is 0.501. The van der Waals surface area contributed by atoms with Crippen LogP contribution in [0.25, 0.3) is 5.70 Å². The minimum Gasteiger partial charge on any atom is -0.493 e. The Labute approximate surface area is 148 Å². The van der Waals surface area contributed by atoms with Gasteiger partial charge in [-0.15, -0.1) is 0 Å². The first-order valence-corrected chi connectivity index (χ1v) is 8.17. The number of nitrogens with one attached hydrogen (secondary N) is 1. The zero-order valence-electron chi connectivity index (χ0n) is 15.6. The van der Waals surface area contributed by atoms with Gasteiger partial charge in [-0.2, -0.15) is 0 Å². The summed E-state index contributed by atoms with van der Waals surface area (Å²) in [7, 11) is 3.14. The van der Waals surface area contributed by atoms with Gasteiger partial charge < -0.3 is 19.5 Å². The number of ether oxygens (including phenoxy) is 3. The second-order valence-corrected chi connectivity index (χ2v) is 6.93. The molecule has 6 heteroatoms. The van der Waals surface area contributed by atoms with Crippen LogP contribution >= 0.6 is 0 Å². The molecule has 1 aromatic carbocycles.